The topological polar surface area (TPSA) is 38.9 Å². The highest BCUT2D eigenvalue weighted by Gasteiger charge is 2.62. The lowest BCUT2D eigenvalue weighted by Gasteiger charge is -2.26. The average Bonchev–Trinajstić information content (AvgIpc) is 2.14. The van der Waals surface area contributed by atoms with Crippen LogP contribution in [0, 0.1) is 0 Å². The molecule has 0 bridgehead atoms. The third kappa shape index (κ3) is 2.78. The summed E-state index contributed by atoms with van der Waals surface area (Å²) in [5.41, 5.74) is 4.25. The molecule has 1 heterocycles. The molecule has 2 nitrogen and oxygen atoms in total. The summed E-state index contributed by atoms with van der Waals surface area (Å²) in [4.78, 5) is 3.34. The lowest BCUT2D eigenvalue weighted by Crippen LogP contribution is -2.46. The number of aromatic nitrogens is 1. The van der Waals surface area contributed by atoms with Crippen LogP contribution in [0.15, 0.2) is 12.1 Å². The fraction of sp³-hybridized carbons (Fsp3) is 0.375. The minimum Gasteiger partial charge on any atom is -0.319 e. The van der Waals surface area contributed by atoms with E-state index in [1.807, 2.05) is 0 Å². The maximum Gasteiger partial charge on any atom is 0.455 e. The second kappa shape index (κ2) is 4.55. The second-order valence-corrected chi connectivity index (χ2v) is 3.86. The lowest BCUT2D eigenvalue weighted by atomic mass is 10.0. The minimum atomic E-state index is -5.77. The Labute approximate surface area is 103 Å². The van der Waals surface area contributed by atoms with Crippen LogP contribution in [0.2, 0.25) is 10.3 Å². The van der Waals surface area contributed by atoms with E-state index >= 15 is 0 Å². The van der Waals surface area contributed by atoms with E-state index in [1.165, 1.54) is 0 Å². The van der Waals surface area contributed by atoms with E-state index in [9.17, 15) is 22.0 Å². The van der Waals surface area contributed by atoms with Gasteiger partial charge in [-0.2, -0.15) is 22.0 Å². The summed E-state index contributed by atoms with van der Waals surface area (Å²) >= 11 is 10.8. The standard InChI is InChI=1S/C8H5Cl2F5N2/c9-4-2-1-3(6(10)17-4)5(16)7(11,12)8(13,14)15/h1-2,5H,16H2/t5-/m0/s1. The van der Waals surface area contributed by atoms with Gasteiger partial charge in [-0.05, 0) is 6.07 Å². The van der Waals surface area contributed by atoms with E-state index in [0.29, 0.717) is 0 Å². The monoisotopic (exact) mass is 294 g/mol. The molecule has 0 saturated carbocycles. The predicted molar refractivity (Wildman–Crippen MR) is 52.2 cm³/mol. The average molecular weight is 295 g/mol. The zero-order chi connectivity index (χ0) is 13.4. The van der Waals surface area contributed by atoms with Crippen LogP contribution in [0.3, 0.4) is 0 Å². The van der Waals surface area contributed by atoms with E-state index < -0.39 is 28.9 Å². The molecule has 0 aliphatic heterocycles. The van der Waals surface area contributed by atoms with E-state index in [1.54, 1.807) is 0 Å². The summed E-state index contributed by atoms with van der Waals surface area (Å²) in [7, 11) is 0. The molecule has 9 heteroatoms. The Morgan fingerprint density at radius 3 is 2.06 bits per heavy atom. The van der Waals surface area contributed by atoms with E-state index in [2.05, 4.69) is 4.98 Å². The van der Waals surface area contributed by atoms with Crippen molar-refractivity contribution in [1.29, 1.82) is 0 Å². The first kappa shape index (κ1) is 14.4. The van der Waals surface area contributed by atoms with Gasteiger partial charge < -0.3 is 5.73 Å². The third-order valence-electron chi connectivity index (χ3n) is 1.95. The molecule has 0 radical (unpaired) electrons. The minimum absolute atomic E-state index is 0.138. The van der Waals surface area contributed by atoms with Gasteiger partial charge in [0.2, 0.25) is 0 Å². The van der Waals surface area contributed by atoms with E-state index in [4.69, 9.17) is 28.9 Å². The van der Waals surface area contributed by atoms with Crippen LogP contribution in [-0.4, -0.2) is 17.1 Å². The zero-order valence-corrected chi connectivity index (χ0v) is 9.41. The molecule has 0 aliphatic carbocycles. The quantitative estimate of drug-likeness (QED) is 0.669. The van der Waals surface area contributed by atoms with Crippen molar-refractivity contribution in [1.82, 2.24) is 4.98 Å². The van der Waals surface area contributed by atoms with Crippen LogP contribution in [0.5, 0.6) is 0 Å². The predicted octanol–water partition coefficient (Wildman–Crippen LogP) is 3.59. The molecular weight excluding hydrogens is 290 g/mol. The largest absolute Gasteiger partial charge is 0.455 e. The van der Waals surface area contributed by atoms with Gasteiger partial charge in [0.15, 0.2) is 0 Å². The van der Waals surface area contributed by atoms with Gasteiger partial charge in [0.1, 0.15) is 16.3 Å². The second-order valence-electron chi connectivity index (χ2n) is 3.11. The van der Waals surface area contributed by atoms with Crippen molar-refractivity contribution >= 4 is 23.2 Å². The van der Waals surface area contributed by atoms with Crippen molar-refractivity contribution in [3.63, 3.8) is 0 Å². The maximum atomic E-state index is 12.9. The number of hydrogen-bond donors (Lipinski definition) is 1. The van der Waals surface area contributed by atoms with Crippen LogP contribution in [0.1, 0.15) is 11.6 Å². The molecule has 1 aromatic rings. The summed E-state index contributed by atoms with van der Waals surface area (Å²) in [6, 6.07) is -0.739. The summed E-state index contributed by atoms with van der Waals surface area (Å²) < 4.78 is 62.0. The lowest BCUT2D eigenvalue weighted by molar-refractivity contribution is -0.291. The van der Waals surface area contributed by atoms with Gasteiger partial charge in [0.05, 0.1) is 0 Å². The first-order valence-electron chi connectivity index (χ1n) is 4.09. The molecular formula is C8H5Cl2F5N2. The van der Waals surface area contributed by atoms with E-state index in [-0.39, 0.29) is 5.15 Å². The van der Waals surface area contributed by atoms with Crippen LogP contribution >= 0.6 is 23.2 Å². The van der Waals surface area contributed by atoms with Crippen molar-refractivity contribution in [2.24, 2.45) is 5.73 Å². The van der Waals surface area contributed by atoms with E-state index in [0.717, 1.165) is 12.1 Å². The fourth-order valence-electron chi connectivity index (χ4n) is 1.03. The summed E-state index contributed by atoms with van der Waals surface area (Å²) in [6.07, 6.45) is -5.77. The normalized spacial score (nSPS) is 14.8. The number of rotatable bonds is 2. The van der Waals surface area contributed by atoms with Gasteiger partial charge in [0.25, 0.3) is 0 Å². The molecule has 0 fully saturated rings. The Bertz CT molecular complexity index is 421. The number of nitrogens with two attached hydrogens (primary N) is 1. The molecule has 2 N–H and O–H groups in total. The number of pyridine rings is 1. The fourth-order valence-corrected chi connectivity index (χ4v) is 1.49. The molecule has 0 aliphatic rings. The summed E-state index contributed by atoms with van der Waals surface area (Å²) in [5.74, 6) is -5.11. The number of nitrogens with zero attached hydrogens (tertiary/aromatic N) is 1. The molecule has 1 rings (SSSR count). The number of alkyl halides is 5. The van der Waals surface area contributed by atoms with Gasteiger partial charge in [-0.15, -0.1) is 0 Å². The van der Waals surface area contributed by atoms with Crippen molar-refractivity contribution in [2.45, 2.75) is 18.1 Å². The molecule has 0 aromatic carbocycles. The Hall–Kier alpha value is -0.660. The summed E-state index contributed by atoms with van der Waals surface area (Å²) in [6.45, 7) is 0. The highest BCUT2D eigenvalue weighted by Crippen LogP contribution is 2.44. The van der Waals surface area contributed by atoms with Gasteiger partial charge in [-0.25, -0.2) is 4.98 Å². The molecule has 0 unspecified atom stereocenters. The van der Waals surface area contributed by atoms with Crippen molar-refractivity contribution in [3.05, 3.63) is 28.0 Å². The first-order valence-corrected chi connectivity index (χ1v) is 4.85. The van der Waals surface area contributed by atoms with Crippen LogP contribution < -0.4 is 5.73 Å². The van der Waals surface area contributed by atoms with Crippen LogP contribution in [0.4, 0.5) is 22.0 Å². The van der Waals surface area contributed by atoms with Gasteiger partial charge in [-0.1, -0.05) is 29.3 Å². The van der Waals surface area contributed by atoms with Crippen molar-refractivity contribution < 1.29 is 22.0 Å². The first-order chi connectivity index (χ1) is 7.57. The highest BCUT2D eigenvalue weighted by molar-refractivity contribution is 6.32. The molecule has 0 saturated heterocycles. The Morgan fingerprint density at radius 2 is 1.65 bits per heavy atom. The molecule has 96 valence electrons. The van der Waals surface area contributed by atoms with Gasteiger partial charge in [-0.3, -0.25) is 0 Å². The Morgan fingerprint density at radius 1 is 1.12 bits per heavy atom. The molecule has 0 amide bonds. The smallest absolute Gasteiger partial charge is 0.319 e. The van der Waals surface area contributed by atoms with Gasteiger partial charge >= 0.3 is 12.1 Å². The summed E-state index contributed by atoms with van der Waals surface area (Å²) in [5, 5.41) is -0.727. The Balaban J connectivity index is 3.17. The molecule has 1 aromatic heterocycles. The zero-order valence-electron chi connectivity index (χ0n) is 7.90. The Kier molecular flexibility index (Phi) is 3.85. The van der Waals surface area contributed by atoms with Crippen molar-refractivity contribution in [2.75, 3.05) is 0 Å². The highest BCUT2D eigenvalue weighted by atomic mass is 35.5. The molecule has 17 heavy (non-hydrogen) atoms. The molecule has 1 atom stereocenters. The van der Waals surface area contributed by atoms with Crippen molar-refractivity contribution in [3.8, 4) is 0 Å². The SMILES string of the molecule is N[C@@H](c1ccc(Cl)nc1Cl)C(F)(F)C(F)(F)F. The number of halogens is 7. The van der Waals surface area contributed by atoms with Crippen LogP contribution in [-0.2, 0) is 0 Å². The van der Waals surface area contributed by atoms with Gasteiger partial charge in [0, 0.05) is 5.56 Å². The number of hydrogen-bond acceptors (Lipinski definition) is 2. The van der Waals surface area contributed by atoms with Crippen LogP contribution in [0.25, 0.3) is 0 Å². The third-order valence-corrected chi connectivity index (χ3v) is 2.46. The maximum absolute atomic E-state index is 12.9. The molecule has 0 spiro atoms.